The highest BCUT2D eigenvalue weighted by molar-refractivity contribution is 5.95. The Morgan fingerprint density at radius 2 is 1.65 bits per heavy atom. The number of aryl methyl sites for hydroxylation is 1. The molecule has 4 rings (SSSR count). The predicted molar refractivity (Wildman–Crippen MR) is 122 cm³/mol. The fourth-order valence-corrected chi connectivity index (χ4v) is 4.00. The maximum absolute atomic E-state index is 14.8. The molecule has 3 nitrogen and oxygen atoms in total. The van der Waals surface area contributed by atoms with Crippen molar-refractivity contribution in [3.05, 3.63) is 95.3 Å². The Kier molecular flexibility index (Phi) is 6.78. The van der Waals surface area contributed by atoms with Crippen molar-refractivity contribution in [2.45, 2.75) is 32.3 Å². The highest BCUT2D eigenvalue weighted by Crippen LogP contribution is 2.24. The Morgan fingerprint density at radius 3 is 2.32 bits per heavy atom. The second-order valence-electron chi connectivity index (χ2n) is 8.16. The van der Waals surface area contributed by atoms with E-state index in [-0.39, 0.29) is 17.6 Å². The molecule has 0 atom stereocenters. The fraction of sp³-hybridized carbons (Fsp3) is 0.296. The van der Waals surface area contributed by atoms with E-state index in [9.17, 15) is 9.18 Å². The van der Waals surface area contributed by atoms with Crippen LogP contribution in [0.1, 0.15) is 34.3 Å². The number of amides is 1. The summed E-state index contributed by atoms with van der Waals surface area (Å²) in [5.41, 5.74) is 4.28. The molecule has 3 aromatic rings. The van der Waals surface area contributed by atoms with Gasteiger partial charge in [-0.2, -0.15) is 0 Å². The van der Waals surface area contributed by atoms with Crippen molar-refractivity contribution in [2.75, 3.05) is 19.7 Å². The number of likely N-dealkylation sites (tertiary alicyclic amines) is 1. The first kappa shape index (κ1) is 21.3. The summed E-state index contributed by atoms with van der Waals surface area (Å²) in [5, 5.41) is 0. The van der Waals surface area contributed by atoms with Crippen molar-refractivity contribution >= 4 is 5.91 Å². The van der Waals surface area contributed by atoms with E-state index in [0.29, 0.717) is 19.7 Å². The summed E-state index contributed by atoms with van der Waals surface area (Å²) in [4.78, 5) is 14.6. The van der Waals surface area contributed by atoms with Crippen LogP contribution in [0.2, 0.25) is 0 Å². The molecule has 0 radical (unpaired) electrons. The molecule has 0 N–H and O–H groups in total. The van der Waals surface area contributed by atoms with Crippen molar-refractivity contribution in [2.24, 2.45) is 0 Å². The molecule has 3 aromatic carbocycles. The number of nitrogens with zero attached hydrogens (tertiary/aromatic N) is 1. The maximum atomic E-state index is 14.8. The molecule has 4 heteroatoms. The molecule has 1 fully saturated rings. The average Bonchev–Trinajstić information content (AvgIpc) is 2.80. The normalized spacial score (nSPS) is 14.6. The summed E-state index contributed by atoms with van der Waals surface area (Å²) in [6.07, 6.45) is 2.60. The zero-order valence-electron chi connectivity index (χ0n) is 17.9. The van der Waals surface area contributed by atoms with E-state index < -0.39 is 5.82 Å². The summed E-state index contributed by atoms with van der Waals surface area (Å²) in [6, 6.07) is 23.1. The third-order valence-electron chi connectivity index (χ3n) is 5.90. The van der Waals surface area contributed by atoms with Gasteiger partial charge >= 0.3 is 0 Å². The molecule has 0 aromatic heterocycles. The molecule has 0 saturated carbocycles. The standard InChI is InChI=1S/C27H28FNO2/c1-20-7-9-22(10-8-20)23-11-12-25(26(28)19-23)27(30)29-16-13-24(14-17-29)31-18-15-21-5-3-2-4-6-21/h2-12,19,24H,13-18H2,1H3. The average molecular weight is 418 g/mol. The topological polar surface area (TPSA) is 29.5 Å². The molecule has 0 aliphatic carbocycles. The zero-order chi connectivity index (χ0) is 21.6. The molecule has 0 unspecified atom stereocenters. The van der Waals surface area contributed by atoms with Crippen molar-refractivity contribution in [1.82, 2.24) is 4.90 Å². The van der Waals surface area contributed by atoms with Gasteiger partial charge in [0.2, 0.25) is 0 Å². The zero-order valence-corrected chi connectivity index (χ0v) is 17.9. The first-order valence-corrected chi connectivity index (χ1v) is 10.9. The third-order valence-corrected chi connectivity index (χ3v) is 5.90. The number of hydrogen-bond donors (Lipinski definition) is 0. The Hall–Kier alpha value is -2.98. The van der Waals surface area contributed by atoms with Gasteiger partial charge in [0.1, 0.15) is 5.82 Å². The molecule has 1 heterocycles. The van der Waals surface area contributed by atoms with E-state index in [1.807, 2.05) is 55.5 Å². The van der Waals surface area contributed by atoms with E-state index in [1.165, 1.54) is 11.6 Å². The molecule has 0 spiro atoms. The predicted octanol–water partition coefficient (Wildman–Crippen LogP) is 5.67. The Labute approximate surface area is 183 Å². The molecule has 0 bridgehead atoms. The van der Waals surface area contributed by atoms with Crippen LogP contribution in [0.3, 0.4) is 0 Å². The minimum absolute atomic E-state index is 0.138. The number of rotatable bonds is 6. The smallest absolute Gasteiger partial charge is 0.256 e. The number of hydrogen-bond acceptors (Lipinski definition) is 2. The van der Waals surface area contributed by atoms with Crippen LogP contribution in [0.15, 0.2) is 72.8 Å². The molecular formula is C27H28FNO2. The number of carbonyl (C=O) groups excluding carboxylic acids is 1. The van der Waals surface area contributed by atoms with E-state index in [1.54, 1.807) is 11.0 Å². The molecule has 1 amide bonds. The van der Waals surface area contributed by atoms with Crippen molar-refractivity contribution in [3.63, 3.8) is 0 Å². The lowest BCUT2D eigenvalue weighted by Crippen LogP contribution is -2.41. The highest BCUT2D eigenvalue weighted by atomic mass is 19.1. The minimum Gasteiger partial charge on any atom is -0.378 e. The van der Waals surface area contributed by atoms with Gasteiger partial charge in [-0.15, -0.1) is 0 Å². The number of benzene rings is 3. The molecule has 1 aliphatic heterocycles. The van der Waals surface area contributed by atoms with Gasteiger partial charge in [-0.1, -0.05) is 66.2 Å². The summed E-state index contributed by atoms with van der Waals surface area (Å²) in [6.45, 7) is 3.88. The Balaban J connectivity index is 1.30. The third kappa shape index (κ3) is 5.39. The number of halogens is 1. The fourth-order valence-electron chi connectivity index (χ4n) is 4.00. The summed E-state index contributed by atoms with van der Waals surface area (Å²) >= 11 is 0. The SMILES string of the molecule is Cc1ccc(-c2ccc(C(=O)N3CCC(OCCc4ccccc4)CC3)c(F)c2)cc1. The van der Waals surface area contributed by atoms with Gasteiger partial charge in [0, 0.05) is 13.1 Å². The van der Waals surface area contributed by atoms with Crippen LogP contribution in [0.25, 0.3) is 11.1 Å². The van der Waals surface area contributed by atoms with Crippen molar-refractivity contribution in [1.29, 1.82) is 0 Å². The lowest BCUT2D eigenvalue weighted by molar-refractivity contribution is 0.00993. The molecular weight excluding hydrogens is 389 g/mol. The molecule has 31 heavy (non-hydrogen) atoms. The van der Waals surface area contributed by atoms with E-state index in [0.717, 1.165) is 36.0 Å². The van der Waals surface area contributed by atoms with Gasteiger partial charge < -0.3 is 9.64 Å². The van der Waals surface area contributed by atoms with Crippen LogP contribution in [-0.4, -0.2) is 36.6 Å². The van der Waals surface area contributed by atoms with E-state index in [2.05, 4.69) is 12.1 Å². The van der Waals surface area contributed by atoms with E-state index in [4.69, 9.17) is 4.74 Å². The van der Waals surface area contributed by atoms with Gasteiger partial charge in [-0.3, -0.25) is 4.79 Å². The van der Waals surface area contributed by atoms with Gasteiger partial charge in [0.05, 0.1) is 18.3 Å². The van der Waals surface area contributed by atoms with Crippen LogP contribution < -0.4 is 0 Å². The minimum atomic E-state index is -0.468. The molecule has 1 aliphatic rings. The Bertz CT molecular complexity index is 1010. The van der Waals surface area contributed by atoms with E-state index >= 15 is 0 Å². The lowest BCUT2D eigenvalue weighted by Gasteiger charge is -2.32. The first-order valence-electron chi connectivity index (χ1n) is 10.9. The van der Waals surface area contributed by atoms with Crippen molar-refractivity contribution < 1.29 is 13.9 Å². The second-order valence-corrected chi connectivity index (χ2v) is 8.16. The summed E-state index contributed by atoms with van der Waals surface area (Å²) < 4.78 is 20.8. The van der Waals surface area contributed by atoms with Crippen LogP contribution in [0, 0.1) is 12.7 Å². The van der Waals surface area contributed by atoms with Gasteiger partial charge in [-0.25, -0.2) is 4.39 Å². The molecule has 1 saturated heterocycles. The summed E-state index contributed by atoms with van der Waals surface area (Å²) in [5.74, 6) is -0.708. The monoisotopic (exact) mass is 417 g/mol. The van der Waals surface area contributed by atoms with Crippen molar-refractivity contribution in [3.8, 4) is 11.1 Å². The number of ether oxygens (including phenoxy) is 1. The number of carbonyl (C=O) groups is 1. The van der Waals surface area contributed by atoms with Crippen LogP contribution in [0.4, 0.5) is 4.39 Å². The van der Waals surface area contributed by atoms with Crippen LogP contribution >= 0.6 is 0 Å². The van der Waals surface area contributed by atoms with Gasteiger partial charge in [-0.05, 0) is 55.0 Å². The van der Waals surface area contributed by atoms with Gasteiger partial charge in [0.25, 0.3) is 5.91 Å². The quantitative estimate of drug-likeness (QED) is 0.518. The first-order chi connectivity index (χ1) is 15.1. The summed E-state index contributed by atoms with van der Waals surface area (Å²) in [7, 11) is 0. The maximum Gasteiger partial charge on any atom is 0.256 e. The van der Waals surface area contributed by atoms with Gasteiger partial charge in [0.15, 0.2) is 0 Å². The largest absolute Gasteiger partial charge is 0.378 e. The Morgan fingerprint density at radius 1 is 0.968 bits per heavy atom. The molecule has 160 valence electrons. The second kappa shape index (κ2) is 9.88. The number of piperidine rings is 1. The van der Waals surface area contributed by atoms with Crippen LogP contribution in [0.5, 0.6) is 0 Å². The highest BCUT2D eigenvalue weighted by Gasteiger charge is 2.25. The lowest BCUT2D eigenvalue weighted by atomic mass is 10.0. The van der Waals surface area contributed by atoms with Crippen LogP contribution in [-0.2, 0) is 11.2 Å².